The van der Waals surface area contributed by atoms with Gasteiger partial charge in [-0.1, -0.05) is 44.2 Å². The molecule has 0 radical (unpaired) electrons. The smallest absolute Gasteiger partial charge is 0.244 e. The van der Waals surface area contributed by atoms with Gasteiger partial charge in [-0.15, -0.1) is 0 Å². The van der Waals surface area contributed by atoms with Crippen LogP contribution in [0.1, 0.15) is 39.2 Å². The predicted molar refractivity (Wildman–Crippen MR) is 98.1 cm³/mol. The third-order valence-corrected chi connectivity index (χ3v) is 3.56. The second-order valence-electron chi connectivity index (χ2n) is 6.42. The minimum absolute atomic E-state index is 0.00562. The fraction of sp³-hybridized carbons (Fsp3) is 0.474. The van der Waals surface area contributed by atoms with Crippen molar-refractivity contribution < 1.29 is 9.59 Å². The molecule has 0 aliphatic rings. The quantitative estimate of drug-likeness (QED) is 0.606. The zero-order valence-electron chi connectivity index (χ0n) is 14.8. The molecule has 0 aromatic heterocycles. The summed E-state index contributed by atoms with van der Waals surface area (Å²) < 4.78 is 0. The Morgan fingerprint density at radius 2 is 1.79 bits per heavy atom. The molecule has 0 spiro atoms. The summed E-state index contributed by atoms with van der Waals surface area (Å²) in [7, 11) is 0. The van der Waals surface area contributed by atoms with Gasteiger partial charge in [0.15, 0.2) is 0 Å². The maximum Gasteiger partial charge on any atom is 0.244 e. The Labute approximate surface area is 144 Å². The van der Waals surface area contributed by atoms with Crippen LogP contribution in [-0.2, 0) is 9.59 Å². The maximum absolute atomic E-state index is 12.4. The molecule has 5 nitrogen and oxygen atoms in total. The van der Waals surface area contributed by atoms with Crippen LogP contribution in [-0.4, -0.2) is 30.4 Å². The molecule has 4 N–H and O–H groups in total. The predicted octanol–water partition coefficient (Wildman–Crippen LogP) is 2.08. The van der Waals surface area contributed by atoms with Crippen LogP contribution in [0.15, 0.2) is 36.4 Å². The largest absolute Gasteiger partial charge is 0.352 e. The Bertz CT molecular complexity index is 541. The average molecular weight is 331 g/mol. The van der Waals surface area contributed by atoms with E-state index < -0.39 is 6.04 Å². The van der Waals surface area contributed by atoms with Gasteiger partial charge < -0.3 is 16.4 Å². The molecule has 2 atom stereocenters. The molecule has 24 heavy (non-hydrogen) atoms. The summed E-state index contributed by atoms with van der Waals surface area (Å²) in [5, 5.41) is 5.70. The summed E-state index contributed by atoms with van der Waals surface area (Å²) in [6, 6.07) is 9.01. The number of nitrogens with two attached hydrogens (primary N) is 1. The minimum Gasteiger partial charge on any atom is -0.352 e. The van der Waals surface area contributed by atoms with Gasteiger partial charge in [-0.05, 0) is 43.9 Å². The van der Waals surface area contributed by atoms with E-state index in [9.17, 15) is 9.59 Å². The van der Waals surface area contributed by atoms with Crippen LogP contribution in [0.2, 0.25) is 0 Å². The molecular weight excluding hydrogens is 302 g/mol. The van der Waals surface area contributed by atoms with Gasteiger partial charge in [-0.3, -0.25) is 9.59 Å². The van der Waals surface area contributed by atoms with Gasteiger partial charge in [0, 0.05) is 12.1 Å². The number of carbonyl (C=O) groups excluding carboxylic acids is 2. The standard InChI is InChI=1S/C19H29N3O2/c1-14(2)13-17(19(24)21-15(3)11-12-20)22-18(23)10-9-16-7-5-4-6-8-16/h4-10,14-15,17H,11-13,20H2,1-3H3,(H,21,24)(H,22,23)/b10-9+/t15?,17-/m0/s1. The lowest BCUT2D eigenvalue weighted by Gasteiger charge is -2.22. The van der Waals surface area contributed by atoms with E-state index in [2.05, 4.69) is 10.6 Å². The summed E-state index contributed by atoms with van der Waals surface area (Å²) in [4.78, 5) is 24.5. The highest BCUT2D eigenvalue weighted by Gasteiger charge is 2.22. The summed E-state index contributed by atoms with van der Waals surface area (Å²) >= 11 is 0. The lowest BCUT2D eigenvalue weighted by Crippen LogP contribution is -2.49. The third kappa shape index (κ3) is 7.92. The molecule has 1 aromatic rings. The second kappa shape index (κ2) is 10.6. The zero-order chi connectivity index (χ0) is 17.9. The second-order valence-corrected chi connectivity index (χ2v) is 6.42. The highest BCUT2D eigenvalue weighted by atomic mass is 16.2. The molecule has 0 heterocycles. The lowest BCUT2D eigenvalue weighted by molar-refractivity contribution is -0.128. The number of hydrogen-bond acceptors (Lipinski definition) is 3. The number of hydrogen-bond donors (Lipinski definition) is 3. The van der Waals surface area contributed by atoms with Gasteiger partial charge in [0.25, 0.3) is 0 Å². The molecule has 2 amide bonds. The number of benzene rings is 1. The van der Waals surface area contributed by atoms with Crippen molar-refractivity contribution in [1.82, 2.24) is 10.6 Å². The van der Waals surface area contributed by atoms with E-state index in [4.69, 9.17) is 5.73 Å². The van der Waals surface area contributed by atoms with Crippen molar-refractivity contribution in [1.29, 1.82) is 0 Å². The molecule has 0 aliphatic heterocycles. The number of rotatable bonds is 9. The molecule has 1 rings (SSSR count). The third-order valence-electron chi connectivity index (χ3n) is 3.56. The van der Waals surface area contributed by atoms with E-state index in [1.54, 1.807) is 6.08 Å². The molecule has 1 unspecified atom stereocenters. The summed E-state index contributed by atoms with van der Waals surface area (Å²) in [5.41, 5.74) is 6.45. The van der Waals surface area contributed by atoms with E-state index in [1.807, 2.05) is 51.1 Å². The molecule has 1 aromatic carbocycles. The van der Waals surface area contributed by atoms with Crippen molar-refractivity contribution in [3.63, 3.8) is 0 Å². The Balaban J connectivity index is 2.65. The average Bonchev–Trinajstić information content (AvgIpc) is 2.53. The minimum atomic E-state index is -0.543. The van der Waals surface area contributed by atoms with Gasteiger partial charge >= 0.3 is 0 Å². The summed E-state index contributed by atoms with van der Waals surface area (Å²) in [6.07, 6.45) is 4.49. The Morgan fingerprint density at radius 3 is 2.38 bits per heavy atom. The molecular formula is C19H29N3O2. The first kappa shape index (κ1) is 19.9. The van der Waals surface area contributed by atoms with Gasteiger partial charge in [-0.2, -0.15) is 0 Å². The van der Waals surface area contributed by atoms with Crippen LogP contribution in [0.5, 0.6) is 0 Å². The van der Waals surface area contributed by atoms with E-state index in [-0.39, 0.29) is 17.9 Å². The van der Waals surface area contributed by atoms with E-state index >= 15 is 0 Å². The first-order chi connectivity index (χ1) is 11.4. The van der Waals surface area contributed by atoms with Crippen LogP contribution in [0.3, 0.4) is 0 Å². The first-order valence-corrected chi connectivity index (χ1v) is 8.46. The number of amides is 2. The van der Waals surface area contributed by atoms with E-state index in [0.29, 0.717) is 25.3 Å². The molecule has 0 saturated heterocycles. The number of nitrogens with one attached hydrogen (secondary N) is 2. The first-order valence-electron chi connectivity index (χ1n) is 8.46. The molecule has 132 valence electrons. The van der Waals surface area contributed by atoms with E-state index in [0.717, 1.165) is 5.56 Å². The SMILES string of the molecule is CC(C)C[C@H](NC(=O)/C=C/c1ccccc1)C(=O)NC(C)CCN. The van der Waals surface area contributed by atoms with Crippen LogP contribution < -0.4 is 16.4 Å². The molecule has 0 bridgehead atoms. The fourth-order valence-electron chi connectivity index (χ4n) is 2.32. The van der Waals surface area contributed by atoms with Crippen molar-refractivity contribution >= 4 is 17.9 Å². The fourth-order valence-corrected chi connectivity index (χ4v) is 2.32. The van der Waals surface area contributed by atoms with Crippen molar-refractivity contribution in [3.8, 4) is 0 Å². The van der Waals surface area contributed by atoms with Crippen molar-refractivity contribution in [2.75, 3.05) is 6.54 Å². The summed E-state index contributed by atoms with van der Waals surface area (Å²) in [6.45, 7) is 6.47. The highest BCUT2D eigenvalue weighted by molar-refractivity contribution is 5.95. The van der Waals surface area contributed by atoms with Crippen molar-refractivity contribution in [3.05, 3.63) is 42.0 Å². The maximum atomic E-state index is 12.4. The molecule has 0 fully saturated rings. The van der Waals surface area contributed by atoms with Crippen LogP contribution in [0.25, 0.3) is 6.08 Å². The van der Waals surface area contributed by atoms with Gasteiger partial charge in [0.1, 0.15) is 6.04 Å². The monoisotopic (exact) mass is 331 g/mol. The van der Waals surface area contributed by atoms with Crippen LogP contribution in [0, 0.1) is 5.92 Å². The van der Waals surface area contributed by atoms with E-state index in [1.165, 1.54) is 6.08 Å². The lowest BCUT2D eigenvalue weighted by atomic mass is 10.0. The van der Waals surface area contributed by atoms with Crippen molar-refractivity contribution in [2.45, 2.75) is 45.7 Å². The van der Waals surface area contributed by atoms with Gasteiger partial charge in [0.05, 0.1) is 0 Å². The van der Waals surface area contributed by atoms with Gasteiger partial charge in [-0.25, -0.2) is 0 Å². The molecule has 0 saturated carbocycles. The topological polar surface area (TPSA) is 84.2 Å². The Hall–Kier alpha value is -2.14. The molecule has 5 heteroatoms. The normalized spacial score (nSPS) is 13.7. The molecule has 0 aliphatic carbocycles. The van der Waals surface area contributed by atoms with Crippen LogP contribution in [0.4, 0.5) is 0 Å². The highest BCUT2D eigenvalue weighted by Crippen LogP contribution is 2.06. The number of carbonyl (C=O) groups is 2. The van der Waals surface area contributed by atoms with Crippen molar-refractivity contribution in [2.24, 2.45) is 11.7 Å². The van der Waals surface area contributed by atoms with Gasteiger partial charge in [0.2, 0.25) is 11.8 Å². The Kier molecular flexibility index (Phi) is 8.79. The Morgan fingerprint density at radius 1 is 1.12 bits per heavy atom. The summed E-state index contributed by atoms with van der Waals surface area (Å²) in [5.74, 6) is -0.138. The zero-order valence-corrected chi connectivity index (χ0v) is 14.8. The van der Waals surface area contributed by atoms with Crippen LogP contribution >= 0.6 is 0 Å².